The van der Waals surface area contributed by atoms with Gasteiger partial charge in [-0.25, -0.2) is 0 Å². The average Bonchev–Trinajstić information content (AvgIpc) is 3.27. The van der Waals surface area contributed by atoms with Crippen LogP contribution in [0.15, 0.2) is 24.3 Å². The number of benzene rings is 1. The third-order valence-corrected chi connectivity index (χ3v) is 4.43. The summed E-state index contributed by atoms with van der Waals surface area (Å²) in [6.07, 6.45) is -3.33. The van der Waals surface area contributed by atoms with E-state index in [-0.39, 0.29) is 24.5 Å². The number of hydrogen-bond donors (Lipinski definition) is 2. The summed E-state index contributed by atoms with van der Waals surface area (Å²) in [4.78, 5) is 12.4. The van der Waals surface area contributed by atoms with E-state index in [4.69, 9.17) is 5.11 Å². The van der Waals surface area contributed by atoms with E-state index in [9.17, 15) is 18.0 Å². The molecular formula is C16H20F3NO2. The number of nitrogens with one attached hydrogen (secondary N) is 1. The van der Waals surface area contributed by atoms with Crippen LogP contribution in [0.3, 0.4) is 0 Å². The summed E-state index contributed by atoms with van der Waals surface area (Å²) in [6, 6.07) is 4.74. The minimum atomic E-state index is -4.42. The number of rotatable bonds is 5. The Hall–Kier alpha value is -1.56. The molecule has 122 valence electrons. The Morgan fingerprint density at radius 2 is 2.00 bits per heavy atom. The van der Waals surface area contributed by atoms with Crippen LogP contribution in [0.25, 0.3) is 0 Å². The Bertz CT molecular complexity index is 553. The van der Waals surface area contributed by atoms with Crippen molar-refractivity contribution in [1.82, 2.24) is 5.32 Å². The number of carbonyl (C=O) groups is 1. The summed E-state index contributed by atoms with van der Waals surface area (Å²) in [5.41, 5.74) is -1.19. The predicted octanol–water partition coefficient (Wildman–Crippen LogP) is 2.87. The highest BCUT2D eigenvalue weighted by molar-refractivity contribution is 5.91. The summed E-state index contributed by atoms with van der Waals surface area (Å²) < 4.78 is 38.4. The summed E-state index contributed by atoms with van der Waals surface area (Å²) in [5.74, 6) is -0.374. The quantitative estimate of drug-likeness (QED) is 0.878. The molecule has 1 aliphatic carbocycles. The van der Waals surface area contributed by atoms with Crippen LogP contribution in [-0.2, 0) is 16.4 Å². The minimum absolute atomic E-state index is 0.0575. The van der Waals surface area contributed by atoms with Gasteiger partial charge in [0.25, 0.3) is 0 Å². The van der Waals surface area contributed by atoms with Crippen molar-refractivity contribution in [3.05, 3.63) is 35.4 Å². The zero-order valence-electron chi connectivity index (χ0n) is 12.6. The number of alkyl halides is 3. The highest BCUT2D eigenvalue weighted by Gasteiger charge is 2.52. The molecule has 0 aromatic heterocycles. The molecule has 2 N–H and O–H groups in total. The smallest absolute Gasteiger partial charge is 0.396 e. The number of hydrogen-bond acceptors (Lipinski definition) is 2. The summed E-state index contributed by atoms with van der Waals surface area (Å²) in [7, 11) is 0. The Morgan fingerprint density at radius 1 is 1.36 bits per heavy atom. The molecule has 3 nitrogen and oxygen atoms in total. The second-order valence-corrected chi connectivity index (χ2v) is 6.08. The fourth-order valence-electron chi connectivity index (χ4n) is 2.41. The normalized spacial score (nSPS) is 19.4. The molecule has 1 fully saturated rings. The highest BCUT2D eigenvalue weighted by atomic mass is 19.4. The molecule has 0 unspecified atom stereocenters. The second kappa shape index (κ2) is 5.91. The third-order valence-electron chi connectivity index (χ3n) is 4.43. The average molecular weight is 315 g/mol. The number of aliphatic hydroxyl groups is 1. The lowest BCUT2D eigenvalue weighted by Crippen LogP contribution is -2.43. The van der Waals surface area contributed by atoms with Crippen molar-refractivity contribution in [1.29, 1.82) is 0 Å². The Labute approximate surface area is 127 Å². The molecule has 1 saturated carbocycles. The lowest BCUT2D eigenvalue weighted by Gasteiger charge is -2.23. The number of amides is 1. The molecule has 2 atom stereocenters. The van der Waals surface area contributed by atoms with Crippen molar-refractivity contribution in [3.63, 3.8) is 0 Å². The Morgan fingerprint density at radius 3 is 2.50 bits per heavy atom. The first-order valence-corrected chi connectivity index (χ1v) is 7.30. The van der Waals surface area contributed by atoms with Gasteiger partial charge in [0.2, 0.25) is 5.91 Å². The van der Waals surface area contributed by atoms with Gasteiger partial charge in [0, 0.05) is 12.6 Å². The van der Waals surface area contributed by atoms with Crippen LogP contribution in [0.1, 0.15) is 37.8 Å². The molecule has 1 amide bonds. The van der Waals surface area contributed by atoms with Crippen LogP contribution in [0.4, 0.5) is 13.2 Å². The van der Waals surface area contributed by atoms with Gasteiger partial charge in [-0.15, -0.1) is 0 Å². The first kappa shape index (κ1) is 16.8. The van der Waals surface area contributed by atoms with Crippen molar-refractivity contribution >= 4 is 5.91 Å². The van der Waals surface area contributed by atoms with Crippen molar-refractivity contribution in [3.8, 4) is 0 Å². The minimum Gasteiger partial charge on any atom is -0.396 e. The maximum atomic E-state index is 12.8. The molecule has 1 aromatic carbocycles. The second-order valence-electron chi connectivity index (χ2n) is 6.08. The largest absolute Gasteiger partial charge is 0.416 e. The van der Waals surface area contributed by atoms with Gasteiger partial charge in [-0.05, 0) is 37.3 Å². The van der Waals surface area contributed by atoms with Crippen LogP contribution in [0.5, 0.6) is 0 Å². The standard InChI is InChI=1S/C16H20F3NO2/c1-10(9-21)11(2)20-14(22)15(6-7-15)12-4-3-5-13(8-12)16(17,18)19/h3-5,8,10-11,21H,6-7,9H2,1-2H3,(H,20,22)/t10-,11+/m0/s1. The molecule has 0 saturated heterocycles. The Balaban J connectivity index is 2.19. The van der Waals surface area contributed by atoms with E-state index in [1.807, 2.05) is 0 Å². The molecule has 6 heteroatoms. The third kappa shape index (κ3) is 3.27. The van der Waals surface area contributed by atoms with E-state index in [0.717, 1.165) is 12.1 Å². The van der Waals surface area contributed by atoms with E-state index in [2.05, 4.69) is 5.32 Å². The molecule has 0 bridgehead atoms. The number of aliphatic hydroxyl groups excluding tert-OH is 1. The number of carbonyl (C=O) groups excluding carboxylic acids is 1. The summed E-state index contributed by atoms with van der Waals surface area (Å²) >= 11 is 0. The topological polar surface area (TPSA) is 49.3 Å². The van der Waals surface area contributed by atoms with E-state index in [0.29, 0.717) is 18.4 Å². The van der Waals surface area contributed by atoms with Crippen LogP contribution >= 0.6 is 0 Å². The zero-order chi connectivity index (χ0) is 16.5. The first-order chi connectivity index (χ1) is 10.2. The fourth-order valence-corrected chi connectivity index (χ4v) is 2.41. The molecule has 0 radical (unpaired) electrons. The maximum Gasteiger partial charge on any atom is 0.416 e. The van der Waals surface area contributed by atoms with Crippen LogP contribution < -0.4 is 5.32 Å². The van der Waals surface area contributed by atoms with Gasteiger partial charge in [-0.1, -0.05) is 25.1 Å². The Kier molecular flexibility index (Phi) is 4.52. The molecule has 1 aliphatic rings. The molecule has 0 aliphatic heterocycles. The van der Waals surface area contributed by atoms with Gasteiger partial charge in [-0.2, -0.15) is 13.2 Å². The van der Waals surface area contributed by atoms with Gasteiger partial charge < -0.3 is 10.4 Å². The predicted molar refractivity (Wildman–Crippen MR) is 76.2 cm³/mol. The van der Waals surface area contributed by atoms with Crippen LogP contribution in [0, 0.1) is 5.92 Å². The van der Waals surface area contributed by atoms with Gasteiger partial charge in [-0.3, -0.25) is 4.79 Å². The summed E-state index contributed by atoms with van der Waals surface area (Å²) in [5, 5.41) is 11.9. The van der Waals surface area contributed by atoms with Crippen LogP contribution in [-0.4, -0.2) is 23.7 Å². The SMILES string of the molecule is C[C@@H](CO)[C@@H](C)NC(=O)C1(c2cccc(C(F)(F)F)c2)CC1. The van der Waals surface area contributed by atoms with Crippen LogP contribution in [0.2, 0.25) is 0 Å². The van der Waals surface area contributed by atoms with Gasteiger partial charge >= 0.3 is 6.18 Å². The molecule has 22 heavy (non-hydrogen) atoms. The zero-order valence-corrected chi connectivity index (χ0v) is 12.6. The molecule has 0 spiro atoms. The van der Waals surface area contributed by atoms with Gasteiger partial charge in [0.05, 0.1) is 11.0 Å². The molecule has 2 rings (SSSR count). The van der Waals surface area contributed by atoms with Crippen molar-refractivity contribution in [2.24, 2.45) is 5.92 Å². The monoisotopic (exact) mass is 315 g/mol. The molecule has 0 heterocycles. The lowest BCUT2D eigenvalue weighted by atomic mass is 9.92. The van der Waals surface area contributed by atoms with E-state index < -0.39 is 17.2 Å². The van der Waals surface area contributed by atoms with E-state index in [1.54, 1.807) is 19.9 Å². The molecular weight excluding hydrogens is 295 g/mol. The number of halogens is 3. The van der Waals surface area contributed by atoms with Gasteiger partial charge in [0.1, 0.15) is 0 Å². The fraction of sp³-hybridized carbons (Fsp3) is 0.562. The first-order valence-electron chi connectivity index (χ1n) is 7.30. The van der Waals surface area contributed by atoms with E-state index in [1.165, 1.54) is 6.07 Å². The maximum absolute atomic E-state index is 12.8. The van der Waals surface area contributed by atoms with Crippen molar-refractivity contribution in [2.75, 3.05) is 6.61 Å². The lowest BCUT2D eigenvalue weighted by molar-refractivity contribution is -0.137. The van der Waals surface area contributed by atoms with E-state index >= 15 is 0 Å². The highest BCUT2D eigenvalue weighted by Crippen LogP contribution is 2.49. The van der Waals surface area contributed by atoms with Gasteiger partial charge in [0.15, 0.2) is 0 Å². The molecule has 1 aromatic rings. The van der Waals surface area contributed by atoms with Crippen molar-refractivity contribution in [2.45, 2.75) is 44.3 Å². The summed E-state index contributed by atoms with van der Waals surface area (Å²) in [6.45, 7) is 3.52. The van der Waals surface area contributed by atoms with Crippen molar-refractivity contribution < 1.29 is 23.1 Å².